The summed E-state index contributed by atoms with van der Waals surface area (Å²) in [6.07, 6.45) is 10.6. The first-order chi connectivity index (χ1) is 23.9. The second kappa shape index (κ2) is 18.5. The van der Waals surface area contributed by atoms with Gasteiger partial charge in [-0.1, -0.05) is 47.0 Å². The number of hydrogen-bond acceptors (Lipinski definition) is 11. The molecule has 4 aliphatic rings. The molecule has 286 valence electrons. The molecule has 4 saturated carbocycles. The van der Waals surface area contributed by atoms with Gasteiger partial charge in [-0.2, -0.15) is 0 Å². The maximum atomic E-state index is 13.2. The number of carbonyl (C=O) groups is 4. The van der Waals surface area contributed by atoms with Gasteiger partial charge in [0.25, 0.3) is 0 Å². The molecule has 11 atom stereocenters. The number of hydrogen-bond donors (Lipinski definition) is 3. The average molecular weight is 706 g/mol. The number of unbranched alkanes of at least 4 members (excludes halogenated alkanes) is 3. The maximum absolute atomic E-state index is 13.2. The number of ether oxygens (including phenoxy) is 4. The van der Waals surface area contributed by atoms with Crippen molar-refractivity contribution in [1.82, 2.24) is 0 Å². The molecule has 4 fully saturated rings. The molecule has 0 aromatic heterocycles. The summed E-state index contributed by atoms with van der Waals surface area (Å²) in [6.45, 7) is 10.2. The first kappa shape index (κ1) is 40.5. The van der Waals surface area contributed by atoms with Gasteiger partial charge in [0.15, 0.2) is 0 Å². The molecule has 0 amide bonds. The van der Waals surface area contributed by atoms with E-state index in [1.54, 1.807) is 0 Å². The van der Waals surface area contributed by atoms with Crippen LogP contribution in [0.4, 0.5) is 0 Å². The van der Waals surface area contributed by atoms with Crippen LogP contribution in [-0.2, 0) is 38.1 Å². The Balaban J connectivity index is 1.61. The van der Waals surface area contributed by atoms with E-state index in [0.717, 1.165) is 51.4 Å². The highest BCUT2D eigenvalue weighted by Crippen LogP contribution is 2.69. The van der Waals surface area contributed by atoms with E-state index in [2.05, 4.69) is 27.7 Å². The van der Waals surface area contributed by atoms with Crippen LogP contribution in [0, 0.1) is 46.3 Å². The van der Waals surface area contributed by atoms with Crippen LogP contribution in [-0.4, -0.2) is 68.4 Å². The molecule has 0 aliphatic heterocycles. The van der Waals surface area contributed by atoms with Crippen molar-refractivity contribution in [3.8, 4) is 0 Å². The Bertz CT molecular complexity index is 1150. The molecule has 4 aliphatic carbocycles. The highest BCUT2D eigenvalue weighted by molar-refractivity contribution is 5.71. The van der Waals surface area contributed by atoms with Crippen molar-refractivity contribution in [3.63, 3.8) is 0 Å². The highest BCUT2D eigenvalue weighted by atomic mass is 16.6. The Kier molecular flexibility index (Phi) is 15.0. The third kappa shape index (κ3) is 9.21. The van der Waals surface area contributed by atoms with Crippen LogP contribution in [0.25, 0.3) is 0 Å². The van der Waals surface area contributed by atoms with Gasteiger partial charge in [0.2, 0.25) is 0 Å². The molecule has 4 rings (SSSR count). The number of rotatable bonds is 18. The Morgan fingerprint density at radius 3 is 2.06 bits per heavy atom. The molecular weight excluding hydrogens is 638 g/mol. The Hall–Kier alpha value is -2.24. The number of esters is 4. The quantitative estimate of drug-likeness (QED) is 0.0970. The number of fused-ring (bicyclic) bond motifs is 5. The predicted molar refractivity (Wildman–Crippen MR) is 190 cm³/mol. The average Bonchev–Trinajstić information content (AvgIpc) is 3.43. The number of carbonyl (C=O) groups excluding carboxylic acids is 4. The molecule has 50 heavy (non-hydrogen) atoms. The smallest absolute Gasteiger partial charge is 0.307 e. The summed E-state index contributed by atoms with van der Waals surface area (Å²) in [5.74, 6) is -0.00890. The molecule has 0 saturated heterocycles. The second-order valence-electron chi connectivity index (χ2n) is 16.3. The summed E-state index contributed by atoms with van der Waals surface area (Å²) in [6, 6.07) is 0. The van der Waals surface area contributed by atoms with Crippen LogP contribution in [0.1, 0.15) is 130 Å². The lowest BCUT2D eigenvalue weighted by Crippen LogP contribution is -2.63. The summed E-state index contributed by atoms with van der Waals surface area (Å²) < 4.78 is 24.2. The lowest BCUT2D eigenvalue weighted by molar-refractivity contribution is -0.225. The SMILES string of the molecule is CCCCCCOC(=O)CC[C@@H](C)C1CC[C@H]2C3[C@H](OC(=O)CCN)CC4C[C@H](OC(=O)CCN)CCC4(C)[C@H]3C[C@H](OC(=O)CCN)C12C. The van der Waals surface area contributed by atoms with Crippen molar-refractivity contribution in [3.05, 3.63) is 0 Å². The highest BCUT2D eigenvalue weighted by Gasteiger charge is 2.67. The first-order valence-corrected chi connectivity index (χ1v) is 19.8. The summed E-state index contributed by atoms with van der Waals surface area (Å²) in [5, 5.41) is 0. The maximum Gasteiger partial charge on any atom is 0.307 e. The Morgan fingerprint density at radius 1 is 0.740 bits per heavy atom. The Morgan fingerprint density at radius 2 is 1.40 bits per heavy atom. The van der Waals surface area contributed by atoms with Gasteiger partial charge in [-0.05, 0) is 92.8 Å². The van der Waals surface area contributed by atoms with Crippen LogP contribution >= 0.6 is 0 Å². The van der Waals surface area contributed by atoms with E-state index in [9.17, 15) is 19.2 Å². The number of nitrogens with two attached hydrogens (primary N) is 3. The molecule has 0 aromatic rings. The fraction of sp³-hybridized carbons (Fsp3) is 0.897. The van der Waals surface area contributed by atoms with Gasteiger partial charge in [-0.15, -0.1) is 0 Å². The van der Waals surface area contributed by atoms with E-state index < -0.39 is 0 Å². The van der Waals surface area contributed by atoms with Crippen LogP contribution in [0.2, 0.25) is 0 Å². The van der Waals surface area contributed by atoms with E-state index >= 15 is 0 Å². The molecule has 5 unspecified atom stereocenters. The molecule has 0 heterocycles. The largest absolute Gasteiger partial charge is 0.466 e. The van der Waals surface area contributed by atoms with E-state index in [1.807, 2.05) is 0 Å². The van der Waals surface area contributed by atoms with E-state index in [1.165, 1.54) is 0 Å². The molecular formula is C39H67N3O8. The van der Waals surface area contributed by atoms with Gasteiger partial charge in [-0.25, -0.2) is 0 Å². The molecule has 0 bridgehead atoms. The standard InChI is InChI=1S/C39H67N3O8/c1-5-6-7-8-21-47-33(43)12-9-25(2)28-10-11-29-37-30(24-32(39(28,29)4)50-36(46)16-20-42)38(3)17-13-27(48-34(44)14-18-40)22-26(38)23-31(37)49-35(45)15-19-41/h25-32,37H,5-24,40-42H2,1-4H3/t25-,26?,27-,28?,29+,30+,31-,32+,37?,38?,39?/m1/s1. The lowest BCUT2D eigenvalue weighted by atomic mass is 9.43. The van der Waals surface area contributed by atoms with Crippen LogP contribution in [0.5, 0.6) is 0 Å². The molecule has 11 heteroatoms. The predicted octanol–water partition coefficient (Wildman–Crippen LogP) is 5.19. The van der Waals surface area contributed by atoms with Gasteiger partial charge < -0.3 is 36.1 Å². The van der Waals surface area contributed by atoms with Crippen LogP contribution in [0.15, 0.2) is 0 Å². The minimum absolute atomic E-state index is 0.0917. The fourth-order valence-electron chi connectivity index (χ4n) is 10.8. The molecule has 11 nitrogen and oxygen atoms in total. The van der Waals surface area contributed by atoms with Crippen molar-refractivity contribution in [1.29, 1.82) is 0 Å². The van der Waals surface area contributed by atoms with Crippen molar-refractivity contribution >= 4 is 23.9 Å². The summed E-state index contributed by atoms with van der Waals surface area (Å²) in [7, 11) is 0. The minimum Gasteiger partial charge on any atom is -0.466 e. The van der Waals surface area contributed by atoms with Crippen LogP contribution in [0.3, 0.4) is 0 Å². The van der Waals surface area contributed by atoms with Gasteiger partial charge in [0.1, 0.15) is 18.3 Å². The summed E-state index contributed by atoms with van der Waals surface area (Å²) in [4.78, 5) is 51.4. The van der Waals surface area contributed by atoms with Gasteiger partial charge in [0, 0.05) is 37.4 Å². The van der Waals surface area contributed by atoms with Crippen molar-refractivity contribution in [2.24, 2.45) is 63.5 Å². The normalized spacial score (nSPS) is 35.2. The fourth-order valence-corrected chi connectivity index (χ4v) is 10.8. The summed E-state index contributed by atoms with van der Waals surface area (Å²) >= 11 is 0. The van der Waals surface area contributed by atoms with E-state index in [-0.39, 0.29) is 127 Å². The van der Waals surface area contributed by atoms with E-state index in [4.69, 9.17) is 36.1 Å². The van der Waals surface area contributed by atoms with E-state index in [0.29, 0.717) is 38.7 Å². The molecule has 0 spiro atoms. The zero-order valence-corrected chi connectivity index (χ0v) is 31.3. The van der Waals surface area contributed by atoms with Gasteiger partial charge in [0.05, 0.1) is 25.9 Å². The monoisotopic (exact) mass is 705 g/mol. The zero-order chi connectivity index (χ0) is 36.5. The lowest BCUT2D eigenvalue weighted by Gasteiger charge is -2.64. The molecule has 6 N–H and O–H groups in total. The van der Waals surface area contributed by atoms with Gasteiger partial charge >= 0.3 is 23.9 Å². The molecule has 0 radical (unpaired) electrons. The Labute approximate surface area is 300 Å². The van der Waals surface area contributed by atoms with Gasteiger partial charge in [-0.3, -0.25) is 19.2 Å². The van der Waals surface area contributed by atoms with Crippen LogP contribution < -0.4 is 17.2 Å². The van der Waals surface area contributed by atoms with Crippen molar-refractivity contribution in [2.75, 3.05) is 26.2 Å². The third-order valence-corrected chi connectivity index (χ3v) is 13.4. The second-order valence-corrected chi connectivity index (χ2v) is 16.3. The van der Waals surface area contributed by atoms with Crippen molar-refractivity contribution < 1.29 is 38.1 Å². The zero-order valence-electron chi connectivity index (χ0n) is 31.3. The first-order valence-electron chi connectivity index (χ1n) is 19.8. The molecule has 0 aromatic carbocycles. The third-order valence-electron chi connectivity index (χ3n) is 13.4. The minimum atomic E-state index is -0.369. The topological polar surface area (TPSA) is 183 Å². The summed E-state index contributed by atoms with van der Waals surface area (Å²) in [5.41, 5.74) is 16.7. The van der Waals surface area contributed by atoms with Crippen molar-refractivity contribution in [2.45, 2.75) is 149 Å².